The highest BCUT2D eigenvalue weighted by atomic mass is 35.5. The average Bonchev–Trinajstić information content (AvgIpc) is 2.69. The highest BCUT2D eigenvalue weighted by molar-refractivity contribution is 6.30. The van der Waals surface area contributed by atoms with Crippen LogP contribution in [0.25, 0.3) is 0 Å². The summed E-state index contributed by atoms with van der Waals surface area (Å²) in [6, 6.07) is 21.5. The van der Waals surface area contributed by atoms with Gasteiger partial charge in [0.05, 0.1) is 17.7 Å². The van der Waals surface area contributed by atoms with Crippen molar-refractivity contribution in [1.82, 2.24) is 5.32 Å². The Balaban J connectivity index is 1.84. The summed E-state index contributed by atoms with van der Waals surface area (Å²) in [4.78, 5) is 0. The second-order valence-corrected chi connectivity index (χ2v) is 6.84. The van der Waals surface area contributed by atoms with Crippen LogP contribution in [0.2, 0.25) is 5.02 Å². The van der Waals surface area contributed by atoms with Gasteiger partial charge in [-0.05, 0) is 34.9 Å². The highest BCUT2D eigenvalue weighted by Crippen LogP contribution is 2.34. The molecule has 2 nitrogen and oxygen atoms in total. The lowest BCUT2D eigenvalue weighted by Gasteiger charge is -2.23. The number of benzene rings is 3. The van der Waals surface area contributed by atoms with Crippen molar-refractivity contribution in [1.29, 1.82) is 0 Å². The molecule has 0 aromatic heterocycles. The lowest BCUT2D eigenvalue weighted by molar-refractivity contribution is -0.139. The summed E-state index contributed by atoms with van der Waals surface area (Å²) in [7, 11) is 0. The van der Waals surface area contributed by atoms with E-state index in [2.05, 4.69) is 5.32 Å². The second kappa shape index (κ2) is 8.78. The van der Waals surface area contributed by atoms with E-state index < -0.39 is 17.8 Å². The molecule has 3 aromatic rings. The van der Waals surface area contributed by atoms with Crippen molar-refractivity contribution in [2.24, 2.45) is 0 Å². The van der Waals surface area contributed by atoms with Gasteiger partial charge in [-0.15, -0.1) is 0 Å². The Morgan fingerprint density at radius 3 is 2.04 bits per heavy atom. The van der Waals surface area contributed by atoms with Crippen molar-refractivity contribution in [2.75, 3.05) is 6.54 Å². The van der Waals surface area contributed by atoms with E-state index in [1.807, 2.05) is 42.5 Å². The van der Waals surface area contributed by atoms with E-state index in [4.69, 9.17) is 11.6 Å². The van der Waals surface area contributed by atoms with Crippen LogP contribution in [0, 0.1) is 0 Å². The van der Waals surface area contributed by atoms with E-state index in [1.165, 1.54) is 18.2 Å². The summed E-state index contributed by atoms with van der Waals surface area (Å²) in [5, 5.41) is 14.2. The van der Waals surface area contributed by atoms with Crippen LogP contribution in [-0.4, -0.2) is 11.7 Å². The van der Waals surface area contributed by atoms with Crippen LogP contribution in [0.1, 0.15) is 34.4 Å². The Bertz CT molecular complexity index is 898. The topological polar surface area (TPSA) is 32.3 Å². The lowest BCUT2D eigenvalue weighted by Crippen LogP contribution is -2.28. The van der Waals surface area contributed by atoms with Gasteiger partial charge in [0, 0.05) is 11.6 Å². The molecular weight excluding hydrogens is 387 g/mol. The number of aliphatic hydroxyl groups is 1. The number of rotatable bonds is 6. The normalized spacial score (nSPS) is 13.9. The number of halogens is 4. The first kappa shape index (κ1) is 20.4. The molecule has 0 aliphatic carbocycles. The van der Waals surface area contributed by atoms with Crippen molar-refractivity contribution >= 4 is 11.6 Å². The largest absolute Gasteiger partial charge is 0.416 e. The van der Waals surface area contributed by atoms with Gasteiger partial charge >= 0.3 is 6.18 Å². The maximum Gasteiger partial charge on any atom is 0.416 e. The summed E-state index contributed by atoms with van der Waals surface area (Å²) < 4.78 is 39.7. The van der Waals surface area contributed by atoms with Crippen LogP contribution >= 0.6 is 11.6 Å². The molecule has 0 saturated carbocycles. The van der Waals surface area contributed by atoms with Gasteiger partial charge in [0.25, 0.3) is 0 Å². The summed E-state index contributed by atoms with van der Waals surface area (Å²) in [6.07, 6.45) is -5.83. The summed E-state index contributed by atoms with van der Waals surface area (Å²) in [5.74, 6) is 0. The number of alkyl halides is 3. The summed E-state index contributed by atoms with van der Waals surface area (Å²) in [5.41, 5.74) is 0.852. The highest BCUT2D eigenvalue weighted by Gasteiger charge is 2.34. The number of nitrogens with one attached hydrogen (secondary N) is 1. The lowest BCUT2D eigenvalue weighted by atomic mass is 9.97. The van der Waals surface area contributed by atoms with Crippen LogP contribution < -0.4 is 5.32 Å². The maximum absolute atomic E-state index is 13.2. The predicted octanol–water partition coefficient (Wildman–Crippen LogP) is 5.77. The van der Waals surface area contributed by atoms with E-state index in [-0.39, 0.29) is 18.2 Å². The van der Waals surface area contributed by atoms with E-state index in [9.17, 15) is 18.3 Å². The van der Waals surface area contributed by atoms with Crippen LogP contribution in [-0.2, 0) is 6.18 Å². The van der Waals surface area contributed by atoms with Crippen LogP contribution in [0.4, 0.5) is 13.2 Å². The molecule has 2 unspecified atom stereocenters. The molecule has 0 saturated heterocycles. The molecule has 2 atom stereocenters. The number of aliphatic hydroxyl groups excluding tert-OH is 1. The third-order valence-electron chi connectivity index (χ3n) is 4.48. The smallest absolute Gasteiger partial charge is 0.387 e. The predicted molar refractivity (Wildman–Crippen MR) is 104 cm³/mol. The van der Waals surface area contributed by atoms with Gasteiger partial charge in [-0.3, -0.25) is 0 Å². The summed E-state index contributed by atoms with van der Waals surface area (Å²) in [6.45, 7) is -0.0463. The minimum atomic E-state index is -4.52. The van der Waals surface area contributed by atoms with E-state index in [0.717, 1.165) is 17.2 Å². The molecule has 0 aliphatic heterocycles. The van der Waals surface area contributed by atoms with Gasteiger partial charge in [-0.1, -0.05) is 72.3 Å². The Hall–Kier alpha value is -2.34. The van der Waals surface area contributed by atoms with Gasteiger partial charge in [0.2, 0.25) is 0 Å². The van der Waals surface area contributed by atoms with Crippen molar-refractivity contribution in [2.45, 2.75) is 18.3 Å². The van der Waals surface area contributed by atoms with Gasteiger partial charge in [-0.25, -0.2) is 0 Å². The zero-order valence-corrected chi connectivity index (χ0v) is 15.6. The number of hydrogen-bond donors (Lipinski definition) is 2. The minimum absolute atomic E-state index is 0.0463. The molecule has 6 heteroatoms. The third-order valence-corrected chi connectivity index (χ3v) is 4.73. The van der Waals surface area contributed by atoms with Gasteiger partial charge in [0.15, 0.2) is 0 Å². The first-order valence-corrected chi connectivity index (χ1v) is 9.12. The molecule has 0 heterocycles. The molecule has 3 rings (SSSR count). The Morgan fingerprint density at radius 1 is 0.821 bits per heavy atom. The van der Waals surface area contributed by atoms with Crippen LogP contribution in [0.3, 0.4) is 0 Å². The van der Waals surface area contributed by atoms with E-state index in [0.29, 0.717) is 5.02 Å². The molecule has 0 radical (unpaired) electrons. The summed E-state index contributed by atoms with van der Waals surface area (Å²) >= 11 is 5.96. The van der Waals surface area contributed by atoms with E-state index in [1.54, 1.807) is 12.1 Å². The van der Waals surface area contributed by atoms with Gasteiger partial charge in [-0.2, -0.15) is 13.2 Å². The van der Waals surface area contributed by atoms with Gasteiger partial charge in [0.1, 0.15) is 0 Å². The standard InChI is InChI=1S/C22H19ClF3NO/c23-17-12-10-16(11-13-17)21(15-6-2-1-3-7-15)27-14-20(28)18-8-4-5-9-19(18)22(24,25)26/h1-13,20-21,27-28H,14H2. The molecule has 3 aromatic carbocycles. The fourth-order valence-corrected chi connectivity index (χ4v) is 3.24. The second-order valence-electron chi connectivity index (χ2n) is 6.40. The van der Waals surface area contributed by atoms with E-state index >= 15 is 0 Å². The molecule has 2 N–H and O–H groups in total. The molecule has 0 amide bonds. The quantitative estimate of drug-likeness (QED) is 0.545. The molecular formula is C22H19ClF3NO. The fraction of sp³-hybridized carbons (Fsp3) is 0.182. The molecule has 146 valence electrons. The van der Waals surface area contributed by atoms with Crippen molar-refractivity contribution < 1.29 is 18.3 Å². The first-order chi connectivity index (χ1) is 13.4. The Labute approximate surface area is 166 Å². The molecule has 0 aliphatic rings. The zero-order chi connectivity index (χ0) is 20.1. The average molecular weight is 406 g/mol. The first-order valence-electron chi connectivity index (χ1n) is 8.74. The molecule has 0 fully saturated rings. The molecule has 28 heavy (non-hydrogen) atoms. The third kappa shape index (κ3) is 4.93. The fourth-order valence-electron chi connectivity index (χ4n) is 3.11. The monoisotopic (exact) mass is 405 g/mol. The Morgan fingerprint density at radius 2 is 1.39 bits per heavy atom. The zero-order valence-electron chi connectivity index (χ0n) is 14.8. The molecule has 0 spiro atoms. The Kier molecular flexibility index (Phi) is 6.39. The minimum Gasteiger partial charge on any atom is -0.387 e. The van der Waals surface area contributed by atoms with Crippen molar-refractivity contribution in [3.05, 3.63) is 106 Å². The van der Waals surface area contributed by atoms with Crippen molar-refractivity contribution in [3.63, 3.8) is 0 Å². The SMILES string of the molecule is OC(CNC(c1ccccc1)c1ccc(Cl)cc1)c1ccccc1C(F)(F)F. The molecule has 0 bridgehead atoms. The number of hydrogen-bond acceptors (Lipinski definition) is 2. The maximum atomic E-state index is 13.2. The van der Waals surface area contributed by atoms with Crippen LogP contribution in [0.15, 0.2) is 78.9 Å². The van der Waals surface area contributed by atoms with Gasteiger partial charge < -0.3 is 10.4 Å². The van der Waals surface area contributed by atoms with Crippen molar-refractivity contribution in [3.8, 4) is 0 Å². The van der Waals surface area contributed by atoms with Crippen LogP contribution in [0.5, 0.6) is 0 Å².